The first kappa shape index (κ1) is 20.3. The van der Waals surface area contributed by atoms with E-state index in [1.165, 1.54) is 24.0 Å². The Balaban J connectivity index is 1.76. The minimum absolute atomic E-state index is 0.0361. The summed E-state index contributed by atoms with van der Waals surface area (Å²) in [4.78, 5) is 19.5. The van der Waals surface area contributed by atoms with Gasteiger partial charge in [0.2, 0.25) is 0 Å². The van der Waals surface area contributed by atoms with Gasteiger partial charge in [0.15, 0.2) is 5.16 Å². The van der Waals surface area contributed by atoms with Crippen LogP contribution in [0.2, 0.25) is 0 Å². The van der Waals surface area contributed by atoms with Crippen LogP contribution in [0, 0.1) is 0 Å². The standard InChI is InChI=1S/C25H32N2O2S/c1-4-30-23-26-21-19-10-6-5-9-17(19)15-25(12-7-8-13-25)20(21)22(28)27(23)18-11-14-29-24(2,3)16-18/h5-6,9-10,18H,4,7-8,11-16H2,1-3H3/t18-/m1/s1. The molecule has 1 atom stereocenters. The van der Waals surface area contributed by atoms with Crippen molar-refractivity contribution in [2.75, 3.05) is 12.4 Å². The van der Waals surface area contributed by atoms with E-state index in [0.29, 0.717) is 6.61 Å². The van der Waals surface area contributed by atoms with Gasteiger partial charge in [-0.2, -0.15) is 0 Å². The molecule has 3 aliphatic rings. The molecule has 5 heteroatoms. The lowest BCUT2D eigenvalue weighted by molar-refractivity contribution is -0.0710. The van der Waals surface area contributed by atoms with Gasteiger partial charge in [-0.15, -0.1) is 0 Å². The average molecular weight is 425 g/mol. The second-order valence-corrected chi connectivity index (χ2v) is 11.0. The summed E-state index contributed by atoms with van der Waals surface area (Å²) < 4.78 is 8.03. The molecule has 30 heavy (non-hydrogen) atoms. The molecule has 0 bridgehead atoms. The van der Waals surface area contributed by atoms with Gasteiger partial charge >= 0.3 is 0 Å². The first-order valence-corrected chi connectivity index (χ1v) is 12.4. The third kappa shape index (κ3) is 3.25. The lowest BCUT2D eigenvalue weighted by Gasteiger charge is -2.40. The van der Waals surface area contributed by atoms with Crippen LogP contribution in [-0.4, -0.2) is 27.5 Å². The number of ether oxygens (including phenoxy) is 1. The first-order chi connectivity index (χ1) is 14.4. The Kier molecular flexibility index (Phi) is 5.10. The molecule has 2 fully saturated rings. The van der Waals surface area contributed by atoms with Crippen LogP contribution < -0.4 is 5.56 Å². The van der Waals surface area contributed by atoms with Crippen LogP contribution in [0.1, 0.15) is 76.5 Å². The van der Waals surface area contributed by atoms with Crippen molar-refractivity contribution in [2.45, 2.75) is 87.9 Å². The topological polar surface area (TPSA) is 44.1 Å². The maximum absolute atomic E-state index is 14.3. The zero-order valence-electron chi connectivity index (χ0n) is 18.4. The van der Waals surface area contributed by atoms with Gasteiger partial charge in [0.05, 0.1) is 16.9 Å². The Morgan fingerprint density at radius 1 is 1.23 bits per heavy atom. The highest BCUT2D eigenvalue weighted by Gasteiger charge is 2.45. The van der Waals surface area contributed by atoms with Crippen molar-refractivity contribution < 1.29 is 4.74 Å². The number of nitrogens with zero attached hydrogens (tertiary/aromatic N) is 2. The molecule has 2 aromatic rings. The molecule has 2 aliphatic carbocycles. The van der Waals surface area contributed by atoms with Gasteiger partial charge < -0.3 is 4.74 Å². The van der Waals surface area contributed by atoms with Crippen LogP contribution in [0.4, 0.5) is 0 Å². The van der Waals surface area contributed by atoms with Crippen molar-refractivity contribution in [3.8, 4) is 11.3 Å². The molecule has 1 aromatic carbocycles. The van der Waals surface area contributed by atoms with E-state index in [1.807, 2.05) is 0 Å². The Morgan fingerprint density at radius 3 is 2.73 bits per heavy atom. The summed E-state index contributed by atoms with van der Waals surface area (Å²) in [6, 6.07) is 8.75. The molecule has 1 saturated heterocycles. The molecule has 1 saturated carbocycles. The number of thioether (sulfide) groups is 1. The Hall–Kier alpha value is -1.59. The highest BCUT2D eigenvalue weighted by Crippen LogP contribution is 2.50. The summed E-state index contributed by atoms with van der Waals surface area (Å²) in [5, 5.41) is 0.883. The summed E-state index contributed by atoms with van der Waals surface area (Å²) in [7, 11) is 0. The second-order valence-electron chi connectivity index (χ2n) is 9.80. The van der Waals surface area contributed by atoms with E-state index in [1.54, 1.807) is 11.8 Å². The van der Waals surface area contributed by atoms with Crippen LogP contribution in [0.25, 0.3) is 11.3 Å². The van der Waals surface area contributed by atoms with Gasteiger partial charge in [-0.05, 0) is 57.3 Å². The molecule has 4 nitrogen and oxygen atoms in total. The van der Waals surface area contributed by atoms with Crippen molar-refractivity contribution >= 4 is 11.8 Å². The molecule has 1 spiro atoms. The number of benzene rings is 1. The minimum atomic E-state index is -0.204. The van der Waals surface area contributed by atoms with Gasteiger partial charge in [0.1, 0.15) is 0 Å². The van der Waals surface area contributed by atoms with Gasteiger partial charge in [0, 0.05) is 23.6 Å². The summed E-state index contributed by atoms with van der Waals surface area (Å²) >= 11 is 1.70. The van der Waals surface area contributed by atoms with E-state index >= 15 is 0 Å². The summed E-state index contributed by atoms with van der Waals surface area (Å²) in [6.07, 6.45) is 7.33. The fourth-order valence-electron chi connectivity index (χ4n) is 6.00. The van der Waals surface area contributed by atoms with E-state index in [4.69, 9.17) is 9.72 Å². The summed E-state index contributed by atoms with van der Waals surface area (Å²) in [6.45, 7) is 7.11. The lowest BCUT2D eigenvalue weighted by atomic mass is 9.68. The fourth-order valence-corrected chi connectivity index (χ4v) is 6.78. The van der Waals surface area contributed by atoms with Crippen molar-refractivity contribution in [1.82, 2.24) is 9.55 Å². The maximum Gasteiger partial charge on any atom is 0.258 e. The van der Waals surface area contributed by atoms with E-state index < -0.39 is 0 Å². The Bertz CT molecular complexity index is 1020. The summed E-state index contributed by atoms with van der Waals surface area (Å²) in [5.74, 6) is 0.907. The molecule has 1 aliphatic heterocycles. The molecule has 1 aromatic heterocycles. The Morgan fingerprint density at radius 2 is 2.00 bits per heavy atom. The molecule has 5 rings (SSSR count). The predicted molar refractivity (Wildman–Crippen MR) is 122 cm³/mol. The van der Waals surface area contributed by atoms with Crippen LogP contribution in [0.5, 0.6) is 0 Å². The highest BCUT2D eigenvalue weighted by molar-refractivity contribution is 7.99. The smallest absolute Gasteiger partial charge is 0.258 e. The van der Waals surface area contributed by atoms with Crippen LogP contribution in [-0.2, 0) is 16.6 Å². The van der Waals surface area contributed by atoms with Gasteiger partial charge in [-0.25, -0.2) is 4.98 Å². The third-order valence-electron chi connectivity index (χ3n) is 7.28. The predicted octanol–water partition coefficient (Wildman–Crippen LogP) is 5.52. The molecule has 0 unspecified atom stereocenters. The molecule has 0 radical (unpaired) electrons. The molecule has 160 valence electrons. The largest absolute Gasteiger partial charge is 0.375 e. The van der Waals surface area contributed by atoms with E-state index in [2.05, 4.69) is 49.6 Å². The third-order valence-corrected chi connectivity index (χ3v) is 8.12. The van der Waals surface area contributed by atoms with Crippen molar-refractivity contribution in [3.05, 3.63) is 45.7 Å². The second kappa shape index (κ2) is 7.52. The number of hydrogen-bond acceptors (Lipinski definition) is 4. The van der Waals surface area contributed by atoms with E-state index in [0.717, 1.165) is 54.3 Å². The zero-order chi connectivity index (χ0) is 20.9. The highest BCUT2D eigenvalue weighted by atomic mass is 32.2. The first-order valence-electron chi connectivity index (χ1n) is 11.5. The summed E-state index contributed by atoms with van der Waals surface area (Å²) in [5.41, 5.74) is 4.46. The number of fused-ring (bicyclic) bond motifs is 4. The lowest BCUT2D eigenvalue weighted by Crippen LogP contribution is -2.44. The van der Waals surface area contributed by atoms with E-state index in [-0.39, 0.29) is 22.6 Å². The van der Waals surface area contributed by atoms with Crippen LogP contribution >= 0.6 is 11.8 Å². The molecular formula is C25H32N2O2S. The van der Waals surface area contributed by atoms with E-state index in [9.17, 15) is 4.79 Å². The van der Waals surface area contributed by atoms with Gasteiger partial charge in [-0.1, -0.05) is 55.8 Å². The molecule has 0 N–H and O–H groups in total. The minimum Gasteiger partial charge on any atom is -0.375 e. The number of rotatable bonds is 3. The fraction of sp³-hybridized carbons (Fsp3) is 0.600. The van der Waals surface area contributed by atoms with Crippen molar-refractivity contribution in [1.29, 1.82) is 0 Å². The number of hydrogen-bond donors (Lipinski definition) is 0. The van der Waals surface area contributed by atoms with Gasteiger partial charge in [-0.3, -0.25) is 9.36 Å². The molecule has 0 amide bonds. The van der Waals surface area contributed by atoms with Crippen molar-refractivity contribution in [3.63, 3.8) is 0 Å². The zero-order valence-corrected chi connectivity index (χ0v) is 19.2. The van der Waals surface area contributed by atoms with Gasteiger partial charge in [0.25, 0.3) is 5.56 Å². The maximum atomic E-state index is 14.3. The normalized spacial score (nSPS) is 23.9. The number of aromatic nitrogens is 2. The van der Waals surface area contributed by atoms with Crippen molar-refractivity contribution in [2.24, 2.45) is 0 Å². The van der Waals surface area contributed by atoms with Crippen LogP contribution in [0.3, 0.4) is 0 Å². The molecular weight excluding hydrogens is 392 g/mol. The SMILES string of the molecule is CCSc1nc2c(c(=O)n1[C@@H]1CCOC(C)(C)C1)C1(CCCC1)Cc1ccccc1-2. The monoisotopic (exact) mass is 424 g/mol. The average Bonchev–Trinajstić information content (AvgIpc) is 3.16. The molecule has 2 heterocycles. The van der Waals surface area contributed by atoms with Crippen LogP contribution in [0.15, 0.2) is 34.2 Å². The quantitative estimate of drug-likeness (QED) is 0.481. The Labute approximate surface area is 183 Å².